The Labute approximate surface area is 112 Å². The molecule has 0 aliphatic rings. The molecule has 1 amide bonds. The van der Waals surface area contributed by atoms with E-state index < -0.39 is 0 Å². The van der Waals surface area contributed by atoms with Gasteiger partial charge in [0.2, 0.25) is 11.8 Å². The molecule has 0 bridgehead atoms. The molecule has 100 valence electrons. The Morgan fingerprint density at radius 3 is 2.63 bits per heavy atom. The fourth-order valence-electron chi connectivity index (χ4n) is 1.59. The lowest BCUT2D eigenvalue weighted by molar-refractivity contribution is -0.119. The molecule has 0 aliphatic carbocycles. The average molecular weight is 259 g/mol. The molecule has 0 saturated carbocycles. The first-order valence-corrected chi connectivity index (χ1v) is 6.13. The summed E-state index contributed by atoms with van der Waals surface area (Å²) in [5, 5.41) is 5.79. The Hall–Kier alpha value is -2.30. The van der Waals surface area contributed by atoms with Crippen LogP contribution in [0.3, 0.4) is 0 Å². The Bertz CT molecular complexity index is 530. The number of hydrogen-bond acceptors (Lipinski definition) is 4. The molecule has 0 spiro atoms. The maximum atomic E-state index is 11.6. The van der Waals surface area contributed by atoms with Gasteiger partial charge in [-0.2, -0.15) is 0 Å². The number of carbonyl (C=O) groups excluding carboxylic acids is 1. The predicted molar refractivity (Wildman–Crippen MR) is 72.8 cm³/mol. The quantitative estimate of drug-likeness (QED) is 0.862. The highest BCUT2D eigenvalue weighted by molar-refractivity contribution is 5.80. The van der Waals surface area contributed by atoms with Crippen LogP contribution >= 0.6 is 0 Å². The minimum absolute atomic E-state index is 0.0997. The Morgan fingerprint density at radius 2 is 2.00 bits per heavy atom. The predicted octanol–water partition coefficient (Wildman–Crippen LogP) is 2.02. The van der Waals surface area contributed by atoms with Crippen molar-refractivity contribution in [3.05, 3.63) is 47.7 Å². The third-order valence-electron chi connectivity index (χ3n) is 2.74. The van der Waals surface area contributed by atoms with Crippen molar-refractivity contribution in [3.8, 4) is 0 Å². The molecule has 2 aromatic rings. The molecule has 5 heteroatoms. The monoisotopic (exact) mass is 259 g/mol. The van der Waals surface area contributed by atoms with Gasteiger partial charge in [-0.15, -0.1) is 0 Å². The van der Waals surface area contributed by atoms with E-state index in [4.69, 9.17) is 4.42 Å². The summed E-state index contributed by atoms with van der Waals surface area (Å²) in [4.78, 5) is 15.8. The van der Waals surface area contributed by atoms with Gasteiger partial charge in [0.05, 0.1) is 18.8 Å². The number of rotatable bonds is 5. The molecule has 2 N–H and O–H groups in total. The van der Waals surface area contributed by atoms with Crippen LogP contribution in [0.5, 0.6) is 0 Å². The van der Waals surface area contributed by atoms with Gasteiger partial charge in [-0.1, -0.05) is 18.2 Å². The molecular formula is C14H17N3O2. The van der Waals surface area contributed by atoms with Crippen molar-refractivity contribution in [1.82, 2.24) is 10.3 Å². The summed E-state index contributed by atoms with van der Waals surface area (Å²) in [6.07, 6.45) is 0. The first-order chi connectivity index (χ1) is 9.15. The van der Waals surface area contributed by atoms with Gasteiger partial charge in [0.25, 0.3) is 0 Å². The van der Waals surface area contributed by atoms with Crippen molar-refractivity contribution < 1.29 is 9.21 Å². The molecular weight excluding hydrogens is 242 g/mol. The van der Waals surface area contributed by atoms with Crippen molar-refractivity contribution >= 4 is 11.6 Å². The molecule has 1 aromatic carbocycles. The maximum Gasteiger partial charge on any atom is 0.239 e. The number of aromatic nitrogens is 1. The number of hydrogen-bond donors (Lipinski definition) is 2. The van der Waals surface area contributed by atoms with E-state index in [0.717, 1.165) is 17.1 Å². The largest absolute Gasteiger partial charge is 0.444 e. The maximum absolute atomic E-state index is 11.6. The second-order valence-electron chi connectivity index (χ2n) is 4.25. The van der Waals surface area contributed by atoms with Crippen LogP contribution in [0.15, 0.2) is 34.7 Å². The normalized spacial score (nSPS) is 10.2. The summed E-state index contributed by atoms with van der Waals surface area (Å²) in [6.45, 7) is 4.26. The van der Waals surface area contributed by atoms with Crippen molar-refractivity contribution in [2.45, 2.75) is 20.4 Å². The van der Waals surface area contributed by atoms with Gasteiger partial charge >= 0.3 is 0 Å². The standard InChI is InChI=1S/C14H17N3O2/c1-10-11(2)19-14(17-10)9-16-13(18)8-15-12-6-4-3-5-7-12/h3-7,15H,8-9H2,1-2H3,(H,16,18). The van der Waals surface area contributed by atoms with Crippen LogP contribution in [-0.2, 0) is 11.3 Å². The molecule has 0 atom stereocenters. The number of anilines is 1. The number of aryl methyl sites for hydroxylation is 2. The fraction of sp³-hybridized carbons (Fsp3) is 0.286. The molecule has 0 saturated heterocycles. The lowest BCUT2D eigenvalue weighted by atomic mass is 10.3. The van der Waals surface area contributed by atoms with E-state index in [9.17, 15) is 4.79 Å². The fourth-order valence-corrected chi connectivity index (χ4v) is 1.59. The molecule has 0 unspecified atom stereocenters. The van der Waals surface area contributed by atoms with E-state index in [1.807, 2.05) is 44.2 Å². The van der Waals surface area contributed by atoms with Gasteiger partial charge in [-0.25, -0.2) is 4.98 Å². The van der Waals surface area contributed by atoms with Gasteiger partial charge in [0, 0.05) is 5.69 Å². The first-order valence-electron chi connectivity index (χ1n) is 6.13. The molecule has 19 heavy (non-hydrogen) atoms. The van der Waals surface area contributed by atoms with Crippen LogP contribution in [0, 0.1) is 13.8 Å². The minimum Gasteiger partial charge on any atom is -0.444 e. The highest BCUT2D eigenvalue weighted by atomic mass is 16.4. The Morgan fingerprint density at radius 1 is 1.26 bits per heavy atom. The zero-order valence-electron chi connectivity index (χ0n) is 11.1. The summed E-state index contributed by atoms with van der Waals surface area (Å²) in [5.41, 5.74) is 1.77. The molecule has 0 radical (unpaired) electrons. The molecule has 5 nitrogen and oxygen atoms in total. The van der Waals surface area contributed by atoms with Crippen LogP contribution in [-0.4, -0.2) is 17.4 Å². The highest BCUT2D eigenvalue weighted by Gasteiger charge is 2.07. The second-order valence-corrected chi connectivity index (χ2v) is 4.25. The highest BCUT2D eigenvalue weighted by Crippen LogP contribution is 2.07. The number of para-hydroxylation sites is 1. The molecule has 0 aliphatic heterocycles. The topological polar surface area (TPSA) is 67.2 Å². The van der Waals surface area contributed by atoms with E-state index in [-0.39, 0.29) is 12.5 Å². The van der Waals surface area contributed by atoms with E-state index in [1.54, 1.807) is 0 Å². The summed E-state index contributed by atoms with van der Waals surface area (Å²) in [7, 11) is 0. The second kappa shape index (κ2) is 6.04. The number of nitrogens with one attached hydrogen (secondary N) is 2. The van der Waals surface area contributed by atoms with Crippen LogP contribution in [0.2, 0.25) is 0 Å². The number of oxazole rings is 1. The molecule has 1 aromatic heterocycles. The average Bonchev–Trinajstić information content (AvgIpc) is 2.74. The zero-order valence-corrected chi connectivity index (χ0v) is 11.1. The zero-order chi connectivity index (χ0) is 13.7. The molecule has 0 fully saturated rings. The van der Waals surface area contributed by atoms with Crippen LogP contribution in [0.25, 0.3) is 0 Å². The van der Waals surface area contributed by atoms with Crippen LogP contribution in [0.1, 0.15) is 17.3 Å². The number of nitrogens with zero attached hydrogens (tertiary/aromatic N) is 1. The van der Waals surface area contributed by atoms with Gasteiger partial charge < -0.3 is 15.1 Å². The third kappa shape index (κ3) is 3.84. The van der Waals surface area contributed by atoms with Crippen molar-refractivity contribution in [2.75, 3.05) is 11.9 Å². The van der Waals surface area contributed by atoms with E-state index in [2.05, 4.69) is 15.6 Å². The van der Waals surface area contributed by atoms with Crippen LogP contribution in [0.4, 0.5) is 5.69 Å². The van der Waals surface area contributed by atoms with E-state index in [1.165, 1.54) is 0 Å². The van der Waals surface area contributed by atoms with Gasteiger partial charge in [0.1, 0.15) is 5.76 Å². The number of benzene rings is 1. The summed E-state index contributed by atoms with van der Waals surface area (Å²) < 4.78 is 5.38. The van der Waals surface area contributed by atoms with Crippen molar-refractivity contribution in [1.29, 1.82) is 0 Å². The minimum atomic E-state index is -0.0997. The molecule has 2 rings (SSSR count). The van der Waals surface area contributed by atoms with E-state index >= 15 is 0 Å². The summed E-state index contributed by atoms with van der Waals surface area (Å²) >= 11 is 0. The van der Waals surface area contributed by atoms with Gasteiger partial charge in [0.15, 0.2) is 0 Å². The summed E-state index contributed by atoms with van der Waals surface area (Å²) in [5.74, 6) is 1.21. The van der Waals surface area contributed by atoms with Gasteiger partial charge in [-0.3, -0.25) is 4.79 Å². The number of amides is 1. The number of carbonyl (C=O) groups is 1. The Kier molecular flexibility index (Phi) is 4.18. The SMILES string of the molecule is Cc1nc(CNC(=O)CNc2ccccc2)oc1C. The first kappa shape index (κ1) is 13.1. The van der Waals surface area contributed by atoms with Crippen LogP contribution < -0.4 is 10.6 Å². The summed E-state index contributed by atoms with van der Waals surface area (Å²) in [6, 6.07) is 9.58. The van der Waals surface area contributed by atoms with E-state index in [0.29, 0.717) is 12.4 Å². The smallest absolute Gasteiger partial charge is 0.239 e. The van der Waals surface area contributed by atoms with Crippen molar-refractivity contribution in [3.63, 3.8) is 0 Å². The molecule has 1 heterocycles. The Balaban J connectivity index is 1.76. The lowest BCUT2D eigenvalue weighted by Crippen LogP contribution is -2.29. The third-order valence-corrected chi connectivity index (χ3v) is 2.74. The van der Waals surface area contributed by atoms with Crippen molar-refractivity contribution in [2.24, 2.45) is 0 Å². The lowest BCUT2D eigenvalue weighted by Gasteiger charge is -2.06. The van der Waals surface area contributed by atoms with Gasteiger partial charge in [-0.05, 0) is 26.0 Å².